The summed E-state index contributed by atoms with van der Waals surface area (Å²) < 4.78 is 0. The molecule has 0 bridgehead atoms. The van der Waals surface area contributed by atoms with E-state index in [2.05, 4.69) is 242 Å². The molecule has 0 aromatic heterocycles. The van der Waals surface area contributed by atoms with Crippen molar-refractivity contribution < 1.29 is 0 Å². The van der Waals surface area contributed by atoms with Gasteiger partial charge in [-0.1, -0.05) is 180 Å². The van der Waals surface area contributed by atoms with Gasteiger partial charge in [-0.05, 0) is 129 Å². The predicted octanol–water partition coefficient (Wildman–Crippen LogP) is 15.1. The normalized spacial score (nSPS) is 15.8. The molecule has 0 aliphatic carbocycles. The second-order valence-electron chi connectivity index (χ2n) is 21.3. The topological polar surface area (TPSA) is 6.48 Å². The van der Waals surface area contributed by atoms with Gasteiger partial charge in [0, 0.05) is 34.9 Å². The van der Waals surface area contributed by atoms with Gasteiger partial charge in [0.15, 0.2) is 0 Å². The van der Waals surface area contributed by atoms with Crippen molar-refractivity contribution in [2.45, 2.75) is 145 Å². The van der Waals surface area contributed by atoms with E-state index in [-0.39, 0.29) is 33.7 Å². The Morgan fingerprint density at radius 3 is 0.603 bits per heavy atom. The molecule has 0 atom stereocenters. The van der Waals surface area contributed by atoms with E-state index in [4.69, 9.17) is 0 Å². The van der Waals surface area contributed by atoms with Crippen LogP contribution >= 0.6 is 0 Å². The van der Waals surface area contributed by atoms with E-state index in [9.17, 15) is 0 Å². The van der Waals surface area contributed by atoms with Crippen molar-refractivity contribution >= 4 is 22.8 Å². The average molecular weight is 771 g/mol. The lowest BCUT2D eigenvalue weighted by molar-refractivity contribution is 0.454. The van der Waals surface area contributed by atoms with Crippen molar-refractivity contribution in [3.8, 4) is 0 Å². The lowest BCUT2D eigenvalue weighted by Crippen LogP contribution is -2.31. The van der Waals surface area contributed by atoms with Gasteiger partial charge in [-0.15, -0.1) is 0 Å². The monoisotopic (exact) mass is 771 g/mol. The number of rotatable bonds is 6. The van der Waals surface area contributed by atoms with Crippen LogP contribution in [0.5, 0.6) is 0 Å². The molecule has 304 valence electrons. The van der Waals surface area contributed by atoms with Crippen LogP contribution in [-0.2, 0) is 21.7 Å². The average Bonchev–Trinajstić information content (AvgIpc) is 3.15. The molecule has 0 N–H and O–H groups in total. The fourth-order valence-electron chi connectivity index (χ4n) is 8.11. The van der Waals surface area contributed by atoms with Crippen LogP contribution in [0.15, 0.2) is 133 Å². The van der Waals surface area contributed by atoms with Crippen LogP contribution in [0.2, 0.25) is 0 Å². The first-order valence-corrected chi connectivity index (χ1v) is 21.6. The maximum Gasteiger partial charge on any atom is 0.0493 e. The minimum absolute atomic E-state index is 0.0765. The van der Waals surface area contributed by atoms with Crippen LogP contribution < -0.4 is 0 Å². The molecule has 0 amide bonds. The summed E-state index contributed by atoms with van der Waals surface area (Å²) in [5, 5.41) is 0. The fourth-order valence-corrected chi connectivity index (χ4v) is 8.11. The van der Waals surface area contributed by atoms with Crippen molar-refractivity contribution in [1.29, 1.82) is 0 Å². The Kier molecular flexibility index (Phi) is 11.6. The predicted molar refractivity (Wildman–Crippen MR) is 253 cm³/mol. The Bertz CT molecular complexity index is 1930. The van der Waals surface area contributed by atoms with Crippen LogP contribution in [0.1, 0.15) is 155 Å². The molecule has 4 aromatic carbocycles. The highest BCUT2D eigenvalue weighted by molar-refractivity contribution is 5.89. The van der Waals surface area contributed by atoms with Crippen LogP contribution in [0.4, 0.5) is 0 Å². The molecular weight excluding hydrogens is 701 g/mol. The number of nitrogens with zero attached hydrogens (tertiary/aromatic N) is 2. The summed E-state index contributed by atoms with van der Waals surface area (Å²) in [4.78, 5) is 5.08. The second-order valence-corrected chi connectivity index (χ2v) is 21.3. The minimum atomic E-state index is 0.0765. The van der Waals surface area contributed by atoms with Crippen molar-refractivity contribution in [1.82, 2.24) is 9.80 Å². The molecule has 2 aliphatic rings. The molecule has 58 heavy (non-hydrogen) atoms. The molecule has 0 saturated heterocycles. The molecule has 2 heteroatoms. The van der Waals surface area contributed by atoms with E-state index >= 15 is 0 Å². The van der Waals surface area contributed by atoms with Gasteiger partial charge < -0.3 is 9.80 Å². The van der Waals surface area contributed by atoms with Crippen LogP contribution in [-0.4, -0.2) is 21.9 Å². The van der Waals surface area contributed by atoms with E-state index in [1.807, 2.05) is 0 Å². The largest absolute Gasteiger partial charge is 0.338 e. The molecule has 2 nitrogen and oxygen atoms in total. The summed E-state index contributed by atoms with van der Waals surface area (Å²) >= 11 is 0. The molecule has 6 rings (SSSR count). The van der Waals surface area contributed by atoms with Crippen molar-refractivity contribution in [3.05, 3.63) is 177 Å². The molecule has 0 saturated carbocycles. The molecule has 2 aliphatic heterocycles. The van der Waals surface area contributed by atoms with Crippen molar-refractivity contribution in [2.75, 3.05) is 0 Å². The van der Waals surface area contributed by atoms with Gasteiger partial charge in [0.1, 0.15) is 0 Å². The number of benzene rings is 4. The van der Waals surface area contributed by atoms with Gasteiger partial charge in [-0.2, -0.15) is 0 Å². The van der Waals surface area contributed by atoms with E-state index in [1.54, 1.807) is 0 Å². The third kappa shape index (κ3) is 9.07. The van der Waals surface area contributed by atoms with Crippen LogP contribution in [0.25, 0.3) is 22.8 Å². The third-order valence-electron chi connectivity index (χ3n) is 11.8. The molecular formula is C56H70N2. The van der Waals surface area contributed by atoms with Crippen molar-refractivity contribution in [3.63, 3.8) is 0 Å². The smallest absolute Gasteiger partial charge is 0.0493 e. The van der Waals surface area contributed by atoms with Crippen LogP contribution in [0, 0.1) is 0 Å². The zero-order chi connectivity index (χ0) is 42.5. The Hall–Kier alpha value is -4.82. The first-order valence-electron chi connectivity index (χ1n) is 21.6. The standard InChI is InChI=1S/C56H70N2/c1-37(2)57-49(39-17-25-45(26-18-39)53(5,6)7)33-43(34-50(57)40-19-27-46(28-20-40)54(8,9)10)44-35-51(41-21-29-47(30-22-41)55(11,12)13)58(38(3)4)52(36-44)42-23-31-48(32-24-42)56(14,15)16/h17-38H,1-16H3. The van der Waals surface area contributed by atoms with E-state index in [0.717, 1.165) is 0 Å². The number of allylic oxidation sites excluding steroid dienone is 6. The van der Waals surface area contributed by atoms with Gasteiger partial charge in [0.2, 0.25) is 0 Å². The molecule has 0 radical (unpaired) electrons. The Morgan fingerprint density at radius 2 is 0.466 bits per heavy atom. The summed E-state index contributed by atoms with van der Waals surface area (Å²) in [5.41, 5.74) is 17.8. The highest BCUT2D eigenvalue weighted by Crippen LogP contribution is 2.43. The zero-order valence-corrected chi connectivity index (χ0v) is 38.6. The summed E-state index contributed by atoms with van der Waals surface area (Å²) in [6.07, 6.45) is 9.75. The first kappa shape index (κ1) is 42.8. The summed E-state index contributed by atoms with van der Waals surface area (Å²) in [7, 11) is 0. The van der Waals surface area contributed by atoms with Gasteiger partial charge in [0.05, 0.1) is 0 Å². The lowest BCUT2D eigenvalue weighted by atomic mass is 9.84. The van der Waals surface area contributed by atoms with E-state index in [1.165, 1.54) is 78.4 Å². The summed E-state index contributed by atoms with van der Waals surface area (Å²) in [5.74, 6) is 0. The first-order chi connectivity index (χ1) is 26.9. The van der Waals surface area contributed by atoms with Crippen LogP contribution in [0.3, 0.4) is 0 Å². The Balaban J connectivity index is 1.66. The van der Waals surface area contributed by atoms with Gasteiger partial charge in [-0.3, -0.25) is 0 Å². The minimum Gasteiger partial charge on any atom is -0.338 e. The molecule has 0 spiro atoms. The number of hydrogen-bond donors (Lipinski definition) is 0. The maximum atomic E-state index is 2.54. The molecule has 4 aromatic rings. The Labute approximate surface area is 352 Å². The Morgan fingerprint density at radius 1 is 0.293 bits per heavy atom. The summed E-state index contributed by atoms with van der Waals surface area (Å²) in [6, 6.07) is 37.6. The molecule has 0 fully saturated rings. The molecule has 2 heterocycles. The number of hydrogen-bond acceptors (Lipinski definition) is 2. The lowest BCUT2D eigenvalue weighted by Gasteiger charge is -2.39. The van der Waals surface area contributed by atoms with E-state index < -0.39 is 0 Å². The van der Waals surface area contributed by atoms with Gasteiger partial charge in [-0.25, -0.2) is 0 Å². The quantitative estimate of drug-likeness (QED) is 0.193. The van der Waals surface area contributed by atoms with Crippen molar-refractivity contribution in [2.24, 2.45) is 0 Å². The highest BCUT2D eigenvalue weighted by Gasteiger charge is 2.30. The summed E-state index contributed by atoms with van der Waals surface area (Å²) in [6.45, 7) is 36.7. The third-order valence-corrected chi connectivity index (χ3v) is 11.8. The molecule has 0 unspecified atom stereocenters. The fraction of sp³-hybridized carbons (Fsp3) is 0.393. The highest BCUT2D eigenvalue weighted by atomic mass is 15.2. The SMILES string of the molecule is CC(C)N1C(c2ccc(C(C)(C)C)cc2)=CC(=C2C=C(c3ccc(C(C)(C)C)cc3)N(C(C)C)C(c3ccc(C(C)(C)C)cc3)=C2)C=C1c1ccc(C(C)(C)C)cc1. The maximum absolute atomic E-state index is 2.54. The van der Waals surface area contributed by atoms with E-state index in [0.29, 0.717) is 0 Å². The second kappa shape index (κ2) is 15.7. The zero-order valence-electron chi connectivity index (χ0n) is 38.6. The van der Waals surface area contributed by atoms with Gasteiger partial charge in [0.25, 0.3) is 0 Å². The van der Waals surface area contributed by atoms with Gasteiger partial charge >= 0.3 is 0 Å².